The highest BCUT2D eigenvalue weighted by atomic mass is 16.4. The van der Waals surface area contributed by atoms with Crippen LogP contribution in [0.2, 0.25) is 0 Å². The average molecular weight is 858 g/mol. The molecule has 1 rings (SSSR count). The van der Waals surface area contributed by atoms with E-state index in [1.165, 1.54) is 31.2 Å². The van der Waals surface area contributed by atoms with Crippen molar-refractivity contribution in [1.82, 2.24) is 37.2 Å². The Hall–Kier alpha value is -5.99. The zero-order valence-electron chi connectivity index (χ0n) is 33.3. The number of nitrogens with two attached hydrogens (primary N) is 2. The first-order valence-corrected chi connectivity index (χ1v) is 18.3. The van der Waals surface area contributed by atoms with Gasteiger partial charge in [0.25, 0.3) is 0 Å². The molecule has 0 heterocycles. The number of nitrogens with one attached hydrogen (secondary N) is 7. The standard InChI is InChI=1S/C35H55N9O16/c1-13(36)28(52)40-22(12-45)31(55)41-25(15(3)47)33(57)43-26(16(4)48)34(58)42-24(14(2)46)32(56)39-21(11-23(37)51)29(53)38-20(10-18-6-8-19(50)9-7-18)30(54)44-27(17(5)49)35(59)60/h6-9,13-17,20-22,24-27,45-50H,10-12,36H2,1-5H3,(H2,37,51)(H,38,53)(H,39,56)(H,40,52)(H,41,55)(H,42,58)(H,43,57)(H,44,54)(H,59,60)/t13-,14?,15?,16?,17?,20+,21+,22+,24+,25+,26+,27+/m1/s1. The van der Waals surface area contributed by atoms with Crippen LogP contribution in [0.15, 0.2) is 24.3 Å². The molecule has 4 unspecified atom stereocenters. The Kier molecular flexibility index (Phi) is 21.0. The summed E-state index contributed by atoms with van der Waals surface area (Å²) in [5.74, 6) is -11.3. The van der Waals surface area contributed by atoms with Crippen LogP contribution in [0.1, 0.15) is 46.6 Å². The summed E-state index contributed by atoms with van der Waals surface area (Å²) < 4.78 is 0. The summed E-state index contributed by atoms with van der Waals surface area (Å²) in [5, 5.41) is 84.5. The number of phenols is 1. The van der Waals surface area contributed by atoms with Crippen molar-refractivity contribution in [3.05, 3.63) is 29.8 Å². The number of aromatic hydroxyl groups is 1. The molecule has 0 spiro atoms. The van der Waals surface area contributed by atoms with Crippen LogP contribution in [0.4, 0.5) is 0 Å². The summed E-state index contributed by atoms with van der Waals surface area (Å²) in [6.07, 6.45) is -8.10. The molecule has 25 heteroatoms. The van der Waals surface area contributed by atoms with Crippen LogP contribution < -0.4 is 48.7 Å². The summed E-state index contributed by atoms with van der Waals surface area (Å²) in [7, 11) is 0. The lowest BCUT2D eigenvalue weighted by atomic mass is 10.0. The van der Waals surface area contributed by atoms with Crippen LogP contribution >= 0.6 is 0 Å². The summed E-state index contributed by atoms with van der Waals surface area (Å²) in [5.41, 5.74) is 11.1. The molecule has 0 radical (unpaired) electrons. The van der Waals surface area contributed by atoms with Crippen LogP contribution in [0.5, 0.6) is 5.75 Å². The minimum absolute atomic E-state index is 0.152. The first kappa shape index (κ1) is 52.0. The Morgan fingerprint density at radius 1 is 0.533 bits per heavy atom. The van der Waals surface area contributed by atoms with E-state index in [9.17, 15) is 78.9 Å². The normalized spacial score (nSPS) is 17.1. The number of primary amides is 1. The number of phenolic OH excluding ortho intramolecular Hbond substituents is 1. The number of carboxylic acids is 1. The van der Waals surface area contributed by atoms with Gasteiger partial charge < -0.3 is 84.4 Å². The number of hydrogen-bond donors (Lipinski definition) is 16. The smallest absolute Gasteiger partial charge is 0.328 e. The number of aliphatic hydroxyl groups is 5. The average Bonchev–Trinajstić information content (AvgIpc) is 3.14. The molecule has 25 nitrogen and oxygen atoms in total. The highest BCUT2D eigenvalue weighted by molar-refractivity contribution is 5.99. The van der Waals surface area contributed by atoms with Gasteiger partial charge in [0.1, 0.15) is 42.0 Å². The number of carbonyl (C=O) groups is 9. The monoisotopic (exact) mass is 857 g/mol. The Morgan fingerprint density at radius 3 is 1.27 bits per heavy atom. The number of rotatable bonds is 24. The molecule has 0 aliphatic heterocycles. The van der Waals surface area contributed by atoms with Gasteiger partial charge >= 0.3 is 5.97 Å². The zero-order chi connectivity index (χ0) is 46.2. The van der Waals surface area contributed by atoms with Crippen LogP contribution in [-0.4, -0.2) is 168 Å². The van der Waals surface area contributed by atoms with E-state index >= 15 is 0 Å². The largest absolute Gasteiger partial charge is 0.508 e. The van der Waals surface area contributed by atoms with Gasteiger partial charge in [-0.1, -0.05) is 12.1 Å². The lowest BCUT2D eigenvalue weighted by Crippen LogP contribution is -2.64. The van der Waals surface area contributed by atoms with E-state index in [4.69, 9.17) is 11.5 Å². The summed E-state index contributed by atoms with van der Waals surface area (Å²) in [4.78, 5) is 115. The van der Waals surface area contributed by atoms with E-state index in [-0.39, 0.29) is 12.2 Å². The van der Waals surface area contributed by atoms with Crippen molar-refractivity contribution in [3.8, 4) is 5.75 Å². The number of amides is 8. The van der Waals surface area contributed by atoms with E-state index in [1.807, 2.05) is 0 Å². The number of benzene rings is 1. The van der Waals surface area contributed by atoms with Crippen molar-refractivity contribution in [2.75, 3.05) is 6.61 Å². The van der Waals surface area contributed by atoms with Crippen LogP contribution in [0.25, 0.3) is 0 Å². The first-order valence-electron chi connectivity index (χ1n) is 18.3. The number of carboxylic acid groups (broad SMARTS) is 1. The minimum atomic E-state index is -2.00. The maximum absolute atomic E-state index is 13.6. The van der Waals surface area contributed by atoms with Crippen LogP contribution in [0.3, 0.4) is 0 Å². The molecule has 0 fully saturated rings. The van der Waals surface area contributed by atoms with E-state index in [2.05, 4.69) is 37.2 Å². The summed E-state index contributed by atoms with van der Waals surface area (Å²) in [6, 6.07) is -8.69. The molecular formula is C35H55N9O16. The lowest BCUT2D eigenvalue weighted by Gasteiger charge is -2.29. The zero-order valence-corrected chi connectivity index (χ0v) is 33.3. The fourth-order valence-electron chi connectivity index (χ4n) is 5.12. The van der Waals surface area contributed by atoms with Gasteiger partial charge in [-0.05, 0) is 52.3 Å². The predicted molar refractivity (Wildman–Crippen MR) is 204 cm³/mol. The van der Waals surface area contributed by atoms with Gasteiger partial charge in [-0.3, -0.25) is 38.4 Å². The van der Waals surface area contributed by atoms with Gasteiger partial charge in [0, 0.05) is 6.42 Å². The maximum Gasteiger partial charge on any atom is 0.328 e. The topological polar surface area (TPSA) is 431 Å². The second-order valence-corrected chi connectivity index (χ2v) is 13.9. The second-order valence-electron chi connectivity index (χ2n) is 13.9. The first-order chi connectivity index (χ1) is 27.8. The van der Waals surface area contributed by atoms with Crippen LogP contribution in [0, 0.1) is 0 Å². The Morgan fingerprint density at radius 2 is 0.883 bits per heavy atom. The molecule has 0 aliphatic rings. The minimum Gasteiger partial charge on any atom is -0.508 e. The Labute approximate surface area is 343 Å². The molecule has 18 N–H and O–H groups in total. The third-order valence-corrected chi connectivity index (χ3v) is 8.51. The maximum atomic E-state index is 13.6. The van der Waals surface area contributed by atoms with E-state index in [0.29, 0.717) is 5.56 Å². The number of carbonyl (C=O) groups excluding carboxylic acids is 8. The van der Waals surface area contributed by atoms with Crippen molar-refractivity contribution >= 4 is 53.2 Å². The molecule has 336 valence electrons. The van der Waals surface area contributed by atoms with E-state index < -0.39 is 139 Å². The molecule has 1 aromatic rings. The molecule has 0 bridgehead atoms. The van der Waals surface area contributed by atoms with E-state index in [1.54, 1.807) is 0 Å². The fraction of sp³-hybridized carbons (Fsp3) is 0.571. The quantitative estimate of drug-likeness (QED) is 0.0459. The molecular weight excluding hydrogens is 802 g/mol. The third kappa shape index (κ3) is 16.7. The van der Waals surface area contributed by atoms with Gasteiger partial charge in [0.15, 0.2) is 6.04 Å². The fourth-order valence-corrected chi connectivity index (χ4v) is 5.12. The molecule has 0 aliphatic carbocycles. The predicted octanol–water partition coefficient (Wildman–Crippen LogP) is -7.85. The van der Waals surface area contributed by atoms with Crippen LogP contribution in [-0.2, 0) is 49.6 Å². The highest BCUT2D eigenvalue weighted by Gasteiger charge is 2.38. The van der Waals surface area contributed by atoms with Crippen molar-refractivity contribution in [1.29, 1.82) is 0 Å². The molecule has 0 aromatic heterocycles. The van der Waals surface area contributed by atoms with Crippen molar-refractivity contribution in [3.63, 3.8) is 0 Å². The number of aliphatic carboxylic acids is 1. The molecule has 1 aromatic carbocycles. The van der Waals surface area contributed by atoms with E-state index in [0.717, 1.165) is 27.7 Å². The number of hydrogen-bond acceptors (Lipinski definition) is 16. The second kappa shape index (κ2) is 24.2. The lowest BCUT2D eigenvalue weighted by molar-refractivity contribution is -0.145. The summed E-state index contributed by atoms with van der Waals surface area (Å²) >= 11 is 0. The van der Waals surface area contributed by atoms with Gasteiger partial charge in [-0.15, -0.1) is 0 Å². The molecule has 0 saturated carbocycles. The molecule has 8 amide bonds. The summed E-state index contributed by atoms with van der Waals surface area (Å²) in [6.45, 7) is 4.53. The SMILES string of the molecule is CC(O)[C@H](NC(=O)[C@H](Cc1ccc(O)cc1)NC(=O)[C@H](CC(N)=O)NC(=O)[C@@H](NC(=O)[C@@H](NC(=O)[C@@H](NC(=O)[C@H](CO)NC(=O)[C@@H](C)N)C(C)O)C(C)O)C(C)O)C(=O)O. The highest BCUT2D eigenvalue weighted by Crippen LogP contribution is 2.13. The van der Waals surface area contributed by atoms with Gasteiger partial charge in [0.2, 0.25) is 47.3 Å². The van der Waals surface area contributed by atoms with Gasteiger partial charge in [0.05, 0.1) is 43.5 Å². The number of aliphatic hydroxyl groups excluding tert-OH is 5. The molecule has 12 atom stereocenters. The van der Waals surface area contributed by atoms with Crippen molar-refractivity contribution in [2.24, 2.45) is 11.5 Å². The van der Waals surface area contributed by atoms with Gasteiger partial charge in [-0.2, -0.15) is 0 Å². The van der Waals surface area contributed by atoms with Crippen molar-refractivity contribution in [2.45, 2.75) is 120 Å². The van der Waals surface area contributed by atoms with Gasteiger partial charge in [-0.25, -0.2) is 4.79 Å². The molecule has 0 saturated heterocycles. The van der Waals surface area contributed by atoms with Crippen molar-refractivity contribution < 1.29 is 78.9 Å². The Balaban J connectivity index is 3.33. The third-order valence-electron chi connectivity index (χ3n) is 8.51. The Bertz CT molecular complexity index is 1690. The molecule has 60 heavy (non-hydrogen) atoms.